The molecule has 0 aromatic carbocycles. The molecule has 1 aromatic rings. The Kier molecular flexibility index (Phi) is 5.44. The highest BCUT2D eigenvalue weighted by molar-refractivity contribution is 7.90. The van der Waals surface area contributed by atoms with Gasteiger partial charge in [-0.15, -0.1) is 0 Å². The van der Waals surface area contributed by atoms with Gasteiger partial charge in [-0.1, -0.05) is 0 Å². The van der Waals surface area contributed by atoms with E-state index in [0.717, 1.165) is 25.1 Å². The van der Waals surface area contributed by atoms with Crippen molar-refractivity contribution >= 4 is 15.9 Å². The Bertz CT molecular complexity index is 585. The second kappa shape index (κ2) is 7.13. The van der Waals surface area contributed by atoms with E-state index in [2.05, 4.69) is 15.5 Å². The van der Waals surface area contributed by atoms with E-state index in [0.29, 0.717) is 13.0 Å². The zero-order valence-electron chi connectivity index (χ0n) is 13.1. The lowest BCUT2D eigenvalue weighted by atomic mass is 9.95. The Hall–Kier alpha value is -1.57. The smallest absolute Gasteiger partial charge is 0.317 e. The third-order valence-electron chi connectivity index (χ3n) is 3.96. The maximum Gasteiger partial charge on any atom is 0.317 e. The molecule has 2 amide bonds. The number of H-pyrrole nitrogens is 1. The van der Waals surface area contributed by atoms with E-state index in [1.165, 1.54) is 6.26 Å². The van der Waals surface area contributed by atoms with Gasteiger partial charge in [0, 0.05) is 43.2 Å². The maximum atomic E-state index is 12.3. The summed E-state index contributed by atoms with van der Waals surface area (Å²) in [6.45, 7) is 3.22. The first-order valence-electron chi connectivity index (χ1n) is 7.57. The minimum atomic E-state index is -2.99. The van der Waals surface area contributed by atoms with Gasteiger partial charge in [-0.2, -0.15) is 5.10 Å². The number of piperidine rings is 1. The maximum absolute atomic E-state index is 12.3. The van der Waals surface area contributed by atoms with Gasteiger partial charge in [0.15, 0.2) is 0 Å². The van der Waals surface area contributed by atoms with Crippen LogP contribution in [0, 0.1) is 0 Å². The predicted octanol–water partition coefficient (Wildman–Crippen LogP) is 1.12. The average Bonchev–Trinajstić information content (AvgIpc) is 2.99. The van der Waals surface area contributed by atoms with Crippen LogP contribution in [0.2, 0.25) is 0 Å². The summed E-state index contributed by atoms with van der Waals surface area (Å²) in [5.41, 5.74) is 1.06. The summed E-state index contributed by atoms with van der Waals surface area (Å²) in [6.07, 6.45) is 5.36. The van der Waals surface area contributed by atoms with Crippen LogP contribution >= 0.6 is 0 Å². The summed E-state index contributed by atoms with van der Waals surface area (Å²) in [7, 11) is -2.99. The van der Waals surface area contributed by atoms with E-state index >= 15 is 0 Å². The lowest BCUT2D eigenvalue weighted by Gasteiger charge is -2.33. The van der Waals surface area contributed by atoms with Gasteiger partial charge in [-0.25, -0.2) is 13.2 Å². The third kappa shape index (κ3) is 5.01. The number of rotatable bonds is 5. The third-order valence-corrected chi connectivity index (χ3v) is 4.94. The Morgan fingerprint density at radius 3 is 3.00 bits per heavy atom. The molecule has 124 valence electrons. The monoisotopic (exact) mass is 328 g/mol. The molecule has 8 heteroatoms. The molecule has 1 aliphatic heterocycles. The Balaban J connectivity index is 1.84. The number of hydrogen-bond acceptors (Lipinski definition) is 4. The predicted molar refractivity (Wildman–Crippen MR) is 84.5 cm³/mol. The molecule has 0 saturated carbocycles. The fourth-order valence-corrected chi connectivity index (χ4v) is 3.46. The van der Waals surface area contributed by atoms with Crippen molar-refractivity contribution in [1.29, 1.82) is 0 Å². The average molecular weight is 328 g/mol. The van der Waals surface area contributed by atoms with Crippen molar-refractivity contribution in [3.05, 3.63) is 18.0 Å². The second-order valence-corrected chi connectivity index (χ2v) is 8.33. The zero-order chi connectivity index (χ0) is 16.2. The van der Waals surface area contributed by atoms with E-state index in [1.54, 1.807) is 11.1 Å². The highest BCUT2D eigenvalue weighted by Gasteiger charge is 2.26. The van der Waals surface area contributed by atoms with Gasteiger partial charge in [-0.05, 0) is 32.3 Å². The molecule has 0 radical (unpaired) electrons. The van der Waals surface area contributed by atoms with Crippen LogP contribution in [0.3, 0.4) is 0 Å². The SMILES string of the molecule is C[C@H](CCS(C)(=O)=O)NC(=O)N1CCC[C@@H](c2ccn[nH]2)C1. The number of amides is 2. The van der Waals surface area contributed by atoms with E-state index in [4.69, 9.17) is 0 Å². The summed E-state index contributed by atoms with van der Waals surface area (Å²) in [5, 5.41) is 9.82. The first-order valence-corrected chi connectivity index (χ1v) is 9.63. The van der Waals surface area contributed by atoms with Crippen molar-refractivity contribution < 1.29 is 13.2 Å². The Morgan fingerprint density at radius 2 is 2.36 bits per heavy atom. The molecule has 1 saturated heterocycles. The van der Waals surface area contributed by atoms with Crippen LogP contribution in [0.4, 0.5) is 4.79 Å². The van der Waals surface area contributed by atoms with Gasteiger partial charge in [0.25, 0.3) is 0 Å². The normalized spacial score (nSPS) is 20.6. The van der Waals surface area contributed by atoms with Gasteiger partial charge in [-0.3, -0.25) is 5.10 Å². The number of aromatic amines is 1. The highest BCUT2D eigenvalue weighted by Crippen LogP contribution is 2.25. The van der Waals surface area contributed by atoms with Crippen LogP contribution in [-0.2, 0) is 9.84 Å². The minimum Gasteiger partial charge on any atom is -0.336 e. The molecule has 0 unspecified atom stereocenters. The van der Waals surface area contributed by atoms with Crippen LogP contribution in [-0.4, -0.2) is 60.7 Å². The molecule has 2 heterocycles. The topological polar surface area (TPSA) is 95.2 Å². The molecular weight excluding hydrogens is 304 g/mol. The first-order chi connectivity index (χ1) is 10.3. The van der Waals surface area contributed by atoms with E-state index in [-0.39, 0.29) is 23.7 Å². The lowest BCUT2D eigenvalue weighted by Crippen LogP contribution is -2.47. The van der Waals surface area contributed by atoms with Crippen molar-refractivity contribution in [3.8, 4) is 0 Å². The van der Waals surface area contributed by atoms with Gasteiger partial charge in [0.2, 0.25) is 0 Å². The van der Waals surface area contributed by atoms with Gasteiger partial charge in [0.05, 0.1) is 5.75 Å². The number of urea groups is 1. The van der Waals surface area contributed by atoms with Crippen LogP contribution in [0.15, 0.2) is 12.3 Å². The van der Waals surface area contributed by atoms with E-state index < -0.39 is 9.84 Å². The molecule has 22 heavy (non-hydrogen) atoms. The lowest BCUT2D eigenvalue weighted by molar-refractivity contribution is 0.175. The van der Waals surface area contributed by atoms with E-state index in [1.807, 2.05) is 13.0 Å². The van der Waals surface area contributed by atoms with E-state index in [9.17, 15) is 13.2 Å². The standard InChI is InChI=1S/C14H24N4O3S/c1-11(6-9-22(2,20)21)16-14(19)18-8-3-4-12(10-18)13-5-7-15-17-13/h5,7,11-12H,3-4,6,8-10H2,1-2H3,(H,15,17)(H,16,19)/t11-,12-/m1/s1. The van der Waals surface area contributed by atoms with Crippen LogP contribution in [0.5, 0.6) is 0 Å². The molecule has 2 rings (SSSR count). The molecule has 0 aliphatic carbocycles. The van der Waals surface area contributed by atoms with Crippen molar-refractivity contribution in [3.63, 3.8) is 0 Å². The summed E-state index contributed by atoms with van der Waals surface area (Å²) < 4.78 is 22.3. The van der Waals surface area contributed by atoms with Crippen molar-refractivity contribution in [2.75, 3.05) is 25.1 Å². The molecule has 1 aliphatic rings. The summed E-state index contributed by atoms with van der Waals surface area (Å²) in [6, 6.07) is 1.67. The van der Waals surface area contributed by atoms with Crippen LogP contribution in [0.25, 0.3) is 0 Å². The second-order valence-electron chi connectivity index (χ2n) is 6.07. The summed E-state index contributed by atoms with van der Waals surface area (Å²) >= 11 is 0. The van der Waals surface area contributed by atoms with Gasteiger partial charge >= 0.3 is 6.03 Å². The Labute approximate surface area is 131 Å². The quantitative estimate of drug-likeness (QED) is 0.847. The molecule has 2 atom stereocenters. The number of sulfone groups is 1. The molecular formula is C14H24N4O3S. The van der Waals surface area contributed by atoms with Crippen molar-refractivity contribution in [2.45, 2.75) is 38.1 Å². The van der Waals surface area contributed by atoms with Crippen LogP contribution < -0.4 is 5.32 Å². The number of aromatic nitrogens is 2. The summed E-state index contributed by atoms with van der Waals surface area (Å²) in [5.74, 6) is 0.374. The molecule has 0 spiro atoms. The largest absolute Gasteiger partial charge is 0.336 e. The number of likely N-dealkylation sites (tertiary alicyclic amines) is 1. The number of carbonyl (C=O) groups excluding carboxylic acids is 1. The summed E-state index contributed by atoms with van der Waals surface area (Å²) in [4.78, 5) is 14.1. The first kappa shape index (κ1) is 16.8. The molecule has 2 N–H and O–H groups in total. The molecule has 1 fully saturated rings. The van der Waals surface area contributed by atoms with Crippen LogP contribution in [0.1, 0.15) is 37.8 Å². The Morgan fingerprint density at radius 1 is 1.59 bits per heavy atom. The number of nitrogens with zero attached hydrogens (tertiary/aromatic N) is 2. The molecule has 1 aromatic heterocycles. The highest BCUT2D eigenvalue weighted by atomic mass is 32.2. The molecule has 7 nitrogen and oxygen atoms in total. The minimum absolute atomic E-state index is 0.0885. The van der Waals surface area contributed by atoms with Crippen molar-refractivity contribution in [1.82, 2.24) is 20.4 Å². The van der Waals surface area contributed by atoms with Gasteiger partial charge in [0.1, 0.15) is 9.84 Å². The molecule has 0 bridgehead atoms. The number of nitrogens with one attached hydrogen (secondary N) is 2. The number of hydrogen-bond donors (Lipinski definition) is 2. The number of carbonyl (C=O) groups is 1. The fourth-order valence-electron chi connectivity index (χ4n) is 2.67. The zero-order valence-corrected chi connectivity index (χ0v) is 13.9. The van der Waals surface area contributed by atoms with Gasteiger partial charge < -0.3 is 10.2 Å². The fraction of sp³-hybridized carbons (Fsp3) is 0.714. The van der Waals surface area contributed by atoms with Crippen molar-refractivity contribution in [2.24, 2.45) is 0 Å².